The molecule has 0 aliphatic heterocycles. The summed E-state index contributed by atoms with van der Waals surface area (Å²) < 4.78 is 0. The number of nitro groups is 1. The van der Waals surface area contributed by atoms with Gasteiger partial charge in [0.15, 0.2) is 5.75 Å². The van der Waals surface area contributed by atoms with Crippen LogP contribution in [-0.4, -0.2) is 4.92 Å². The van der Waals surface area contributed by atoms with Gasteiger partial charge in [-0.05, 0) is 18.2 Å². The molecule has 0 saturated heterocycles. The highest BCUT2D eigenvalue weighted by atomic mass is 16.6. The summed E-state index contributed by atoms with van der Waals surface area (Å²) in [4.78, 5) is 15.3. The van der Waals surface area contributed by atoms with Gasteiger partial charge in [0.25, 0.3) is 5.69 Å². The molecule has 2 aromatic carbocycles. The van der Waals surface area contributed by atoms with Crippen molar-refractivity contribution in [2.75, 3.05) is 5.48 Å². The van der Waals surface area contributed by atoms with E-state index in [1.54, 1.807) is 12.1 Å². The molecule has 0 aromatic heterocycles. The zero-order valence-electron chi connectivity index (χ0n) is 8.87. The number of nitrogens with zero attached hydrogens (tertiary/aromatic N) is 1. The van der Waals surface area contributed by atoms with Crippen LogP contribution >= 0.6 is 0 Å². The largest absolute Gasteiger partial charge is 0.382 e. The molecule has 5 nitrogen and oxygen atoms in total. The fourth-order valence-corrected chi connectivity index (χ4v) is 1.28. The van der Waals surface area contributed by atoms with E-state index in [-0.39, 0.29) is 5.69 Å². The van der Waals surface area contributed by atoms with Gasteiger partial charge in [-0.25, -0.2) is 5.48 Å². The number of hydrogen-bond donors (Lipinski definition) is 1. The first-order valence-corrected chi connectivity index (χ1v) is 4.98. The van der Waals surface area contributed by atoms with E-state index in [1.807, 2.05) is 30.3 Å². The van der Waals surface area contributed by atoms with Crippen LogP contribution in [0.2, 0.25) is 0 Å². The quantitative estimate of drug-likeness (QED) is 0.647. The van der Waals surface area contributed by atoms with Crippen molar-refractivity contribution in [3.63, 3.8) is 0 Å². The van der Waals surface area contributed by atoms with Crippen LogP contribution in [0.1, 0.15) is 0 Å². The second kappa shape index (κ2) is 4.98. The minimum absolute atomic E-state index is 0.00244. The van der Waals surface area contributed by atoms with E-state index in [0.29, 0.717) is 5.75 Å². The predicted octanol–water partition coefficient (Wildman–Crippen LogP) is 3.00. The van der Waals surface area contributed by atoms with Crippen LogP contribution in [0.15, 0.2) is 54.6 Å². The smallest absolute Gasteiger partial charge is 0.273 e. The van der Waals surface area contributed by atoms with Gasteiger partial charge in [0, 0.05) is 6.07 Å². The lowest BCUT2D eigenvalue weighted by Gasteiger charge is -2.07. The lowest BCUT2D eigenvalue weighted by atomic mass is 10.3. The lowest BCUT2D eigenvalue weighted by Crippen LogP contribution is -2.04. The average Bonchev–Trinajstić information content (AvgIpc) is 2.38. The van der Waals surface area contributed by atoms with Gasteiger partial charge < -0.3 is 4.84 Å². The molecule has 17 heavy (non-hydrogen) atoms. The van der Waals surface area contributed by atoms with Gasteiger partial charge in [0.1, 0.15) is 0 Å². The molecule has 0 saturated carbocycles. The number of hydrogen-bond acceptors (Lipinski definition) is 4. The van der Waals surface area contributed by atoms with Crippen molar-refractivity contribution >= 4 is 11.4 Å². The third-order valence-electron chi connectivity index (χ3n) is 2.09. The van der Waals surface area contributed by atoms with Crippen molar-refractivity contribution in [3.8, 4) is 5.75 Å². The van der Waals surface area contributed by atoms with Crippen molar-refractivity contribution in [2.45, 2.75) is 0 Å². The van der Waals surface area contributed by atoms with Crippen molar-refractivity contribution in [2.24, 2.45) is 0 Å². The Morgan fingerprint density at radius 2 is 1.82 bits per heavy atom. The summed E-state index contributed by atoms with van der Waals surface area (Å²) >= 11 is 0. The molecule has 2 rings (SSSR count). The number of anilines is 1. The molecular formula is C12H10N2O3. The minimum atomic E-state index is -0.463. The zero-order valence-corrected chi connectivity index (χ0v) is 8.87. The first-order valence-electron chi connectivity index (χ1n) is 4.98. The fraction of sp³-hybridized carbons (Fsp3) is 0. The average molecular weight is 230 g/mol. The minimum Gasteiger partial charge on any atom is -0.382 e. The Kier molecular flexibility index (Phi) is 3.20. The summed E-state index contributed by atoms with van der Waals surface area (Å²) in [6.45, 7) is 0. The van der Waals surface area contributed by atoms with Gasteiger partial charge >= 0.3 is 0 Å². The monoisotopic (exact) mass is 230 g/mol. The van der Waals surface area contributed by atoms with Crippen LogP contribution in [0.5, 0.6) is 5.75 Å². The Bertz CT molecular complexity index is 514. The normalized spacial score (nSPS) is 9.65. The van der Waals surface area contributed by atoms with Crippen LogP contribution in [-0.2, 0) is 0 Å². The molecule has 0 atom stereocenters. The summed E-state index contributed by atoms with van der Waals surface area (Å²) in [6, 6.07) is 15.2. The highest BCUT2D eigenvalue weighted by Gasteiger charge is 2.06. The van der Waals surface area contributed by atoms with Gasteiger partial charge in [0.2, 0.25) is 0 Å². The number of non-ortho nitro benzene ring substituents is 1. The topological polar surface area (TPSA) is 64.4 Å². The molecule has 0 bridgehead atoms. The first kappa shape index (κ1) is 10.9. The highest BCUT2D eigenvalue weighted by Crippen LogP contribution is 2.19. The maximum absolute atomic E-state index is 10.6. The molecule has 0 radical (unpaired) electrons. The van der Waals surface area contributed by atoms with Gasteiger partial charge in [-0.1, -0.05) is 24.3 Å². The Morgan fingerprint density at radius 1 is 1.06 bits per heavy atom. The number of nitrogens with one attached hydrogen (secondary N) is 1. The second-order valence-corrected chi connectivity index (χ2v) is 3.32. The van der Waals surface area contributed by atoms with Crippen LogP contribution in [0.4, 0.5) is 11.4 Å². The number of rotatable bonds is 4. The molecule has 0 spiro atoms. The molecule has 0 heterocycles. The number of benzene rings is 2. The third-order valence-corrected chi connectivity index (χ3v) is 2.09. The molecule has 0 unspecified atom stereocenters. The first-order chi connectivity index (χ1) is 8.25. The molecule has 86 valence electrons. The van der Waals surface area contributed by atoms with Gasteiger partial charge in [-0.15, -0.1) is 0 Å². The van der Waals surface area contributed by atoms with Crippen molar-refractivity contribution < 1.29 is 9.76 Å². The molecular weight excluding hydrogens is 220 g/mol. The summed E-state index contributed by atoms with van der Waals surface area (Å²) in [7, 11) is 0. The Hall–Kier alpha value is -2.56. The fourth-order valence-electron chi connectivity index (χ4n) is 1.28. The zero-order chi connectivity index (χ0) is 12.1. The summed E-state index contributed by atoms with van der Waals surface area (Å²) in [6.07, 6.45) is 0. The van der Waals surface area contributed by atoms with Gasteiger partial charge in [0.05, 0.1) is 16.7 Å². The molecule has 2 aromatic rings. The summed E-state index contributed by atoms with van der Waals surface area (Å²) in [5, 5.41) is 10.6. The van der Waals surface area contributed by atoms with E-state index >= 15 is 0 Å². The third kappa shape index (κ3) is 2.94. The van der Waals surface area contributed by atoms with E-state index in [0.717, 1.165) is 5.69 Å². The van der Waals surface area contributed by atoms with E-state index in [1.165, 1.54) is 12.1 Å². The van der Waals surface area contributed by atoms with Gasteiger partial charge in [-0.3, -0.25) is 10.1 Å². The molecule has 1 N–H and O–H groups in total. The maximum Gasteiger partial charge on any atom is 0.273 e. The Morgan fingerprint density at radius 3 is 2.53 bits per heavy atom. The van der Waals surface area contributed by atoms with Crippen LogP contribution in [0, 0.1) is 10.1 Å². The summed E-state index contributed by atoms with van der Waals surface area (Å²) in [5.74, 6) is 0.392. The van der Waals surface area contributed by atoms with E-state index < -0.39 is 4.92 Å². The molecule has 5 heteroatoms. The predicted molar refractivity (Wildman–Crippen MR) is 63.8 cm³/mol. The van der Waals surface area contributed by atoms with Crippen LogP contribution in [0.3, 0.4) is 0 Å². The van der Waals surface area contributed by atoms with Crippen molar-refractivity contribution in [1.29, 1.82) is 0 Å². The summed E-state index contributed by atoms with van der Waals surface area (Å²) in [5.41, 5.74) is 3.48. The van der Waals surface area contributed by atoms with E-state index in [2.05, 4.69) is 5.48 Å². The van der Waals surface area contributed by atoms with Gasteiger partial charge in [-0.2, -0.15) is 0 Å². The van der Waals surface area contributed by atoms with Crippen molar-refractivity contribution in [3.05, 3.63) is 64.7 Å². The highest BCUT2D eigenvalue weighted by molar-refractivity contribution is 5.43. The van der Waals surface area contributed by atoms with Crippen LogP contribution < -0.4 is 10.3 Å². The van der Waals surface area contributed by atoms with E-state index in [4.69, 9.17) is 4.84 Å². The maximum atomic E-state index is 10.6. The Balaban J connectivity index is 2.04. The second-order valence-electron chi connectivity index (χ2n) is 3.32. The molecule has 0 fully saturated rings. The van der Waals surface area contributed by atoms with Crippen molar-refractivity contribution in [1.82, 2.24) is 0 Å². The molecule has 0 aliphatic rings. The lowest BCUT2D eigenvalue weighted by molar-refractivity contribution is -0.384. The standard InChI is InChI=1S/C12H10N2O3/c15-14(16)11-7-4-8-12(9-11)17-13-10-5-2-1-3-6-10/h1-9,13H. The molecule has 0 amide bonds. The molecule has 0 aliphatic carbocycles. The number of para-hydroxylation sites is 1. The number of nitro benzene ring substituents is 1. The van der Waals surface area contributed by atoms with E-state index in [9.17, 15) is 10.1 Å². The SMILES string of the molecule is O=[N+]([O-])c1cccc(ONc2ccccc2)c1. The van der Waals surface area contributed by atoms with Crippen LogP contribution in [0.25, 0.3) is 0 Å². The Labute approximate surface area is 97.8 Å².